The van der Waals surface area contributed by atoms with Crippen molar-refractivity contribution in [1.82, 2.24) is 9.80 Å². The Bertz CT molecular complexity index is 348. The van der Waals surface area contributed by atoms with E-state index >= 15 is 0 Å². The van der Waals surface area contributed by atoms with Gasteiger partial charge in [0.25, 0.3) is 0 Å². The molecule has 2 aliphatic rings. The highest BCUT2D eigenvalue weighted by Crippen LogP contribution is 2.33. The summed E-state index contributed by atoms with van der Waals surface area (Å²) >= 11 is 0. The average molecular weight is 239 g/mol. The Morgan fingerprint density at radius 3 is 2.59 bits per heavy atom. The monoisotopic (exact) mass is 239 g/mol. The third-order valence-electron chi connectivity index (χ3n) is 3.80. The van der Waals surface area contributed by atoms with Crippen LogP contribution in [0.1, 0.15) is 33.6 Å². The fourth-order valence-electron chi connectivity index (χ4n) is 2.83. The zero-order chi connectivity index (χ0) is 12.8. The molecule has 5 heteroatoms. The molecule has 3 amide bonds. The van der Waals surface area contributed by atoms with Crippen molar-refractivity contribution in [1.29, 1.82) is 0 Å². The van der Waals surface area contributed by atoms with Crippen molar-refractivity contribution >= 4 is 11.9 Å². The van der Waals surface area contributed by atoms with Gasteiger partial charge in [0.1, 0.15) is 0 Å². The van der Waals surface area contributed by atoms with E-state index in [4.69, 9.17) is 5.73 Å². The van der Waals surface area contributed by atoms with Crippen LogP contribution in [0.2, 0.25) is 0 Å². The number of carbonyl (C=O) groups is 2. The van der Waals surface area contributed by atoms with Crippen LogP contribution in [0.5, 0.6) is 0 Å². The molecule has 5 nitrogen and oxygen atoms in total. The van der Waals surface area contributed by atoms with Crippen LogP contribution in [-0.4, -0.2) is 46.4 Å². The summed E-state index contributed by atoms with van der Waals surface area (Å²) in [5.74, 6) is -0.455. The van der Waals surface area contributed by atoms with Gasteiger partial charge in [0, 0.05) is 18.6 Å². The standard InChI is InChI=1S/C12H21N3O2/c1-12(2,3)15-7-9-8(10(13)16)5-4-6-14(9)11(15)17/h8-9H,4-7H2,1-3H3,(H2,13,16). The largest absolute Gasteiger partial charge is 0.369 e. The number of hydrogen-bond donors (Lipinski definition) is 1. The Balaban J connectivity index is 2.23. The first-order chi connectivity index (χ1) is 7.82. The summed E-state index contributed by atoms with van der Waals surface area (Å²) < 4.78 is 0. The number of carbonyl (C=O) groups excluding carboxylic acids is 2. The predicted octanol–water partition coefficient (Wildman–Crippen LogP) is 0.786. The van der Waals surface area contributed by atoms with Gasteiger partial charge in [0.05, 0.1) is 12.0 Å². The fourth-order valence-corrected chi connectivity index (χ4v) is 2.83. The Kier molecular flexibility index (Phi) is 2.79. The summed E-state index contributed by atoms with van der Waals surface area (Å²) in [5, 5.41) is 0. The third-order valence-corrected chi connectivity index (χ3v) is 3.80. The van der Waals surface area contributed by atoms with Crippen LogP contribution in [-0.2, 0) is 4.79 Å². The highest BCUT2D eigenvalue weighted by Gasteiger charge is 2.48. The van der Waals surface area contributed by atoms with Crippen LogP contribution in [0.25, 0.3) is 0 Å². The molecule has 0 aliphatic carbocycles. The van der Waals surface area contributed by atoms with Crippen LogP contribution >= 0.6 is 0 Å². The summed E-state index contributed by atoms with van der Waals surface area (Å²) in [6, 6.07) is 0.0291. The quantitative estimate of drug-likeness (QED) is 0.735. The molecule has 2 atom stereocenters. The lowest BCUT2D eigenvalue weighted by molar-refractivity contribution is -0.124. The van der Waals surface area contributed by atoms with E-state index in [1.54, 1.807) is 0 Å². The summed E-state index contributed by atoms with van der Waals surface area (Å²) in [6.07, 6.45) is 1.68. The minimum atomic E-state index is -0.275. The number of amides is 3. The first kappa shape index (κ1) is 12.2. The van der Waals surface area contributed by atoms with E-state index in [-0.39, 0.29) is 29.4 Å². The number of fused-ring (bicyclic) bond motifs is 1. The van der Waals surface area contributed by atoms with Crippen LogP contribution in [0.3, 0.4) is 0 Å². The van der Waals surface area contributed by atoms with Gasteiger partial charge in [-0.15, -0.1) is 0 Å². The lowest BCUT2D eigenvalue weighted by atomic mass is 9.89. The lowest BCUT2D eigenvalue weighted by Gasteiger charge is -2.33. The SMILES string of the molecule is CC(C)(C)N1CC2C(C(N)=O)CCCN2C1=O. The molecule has 2 fully saturated rings. The summed E-state index contributed by atoms with van der Waals surface area (Å²) in [4.78, 5) is 27.3. The molecule has 0 spiro atoms. The van der Waals surface area contributed by atoms with Crippen molar-refractivity contribution in [3.05, 3.63) is 0 Å². The van der Waals surface area contributed by atoms with E-state index in [2.05, 4.69) is 0 Å². The van der Waals surface area contributed by atoms with Crippen molar-refractivity contribution < 1.29 is 9.59 Å². The number of nitrogens with zero attached hydrogens (tertiary/aromatic N) is 2. The molecule has 17 heavy (non-hydrogen) atoms. The molecule has 96 valence electrons. The van der Waals surface area contributed by atoms with Crippen molar-refractivity contribution in [3.63, 3.8) is 0 Å². The molecule has 2 saturated heterocycles. The highest BCUT2D eigenvalue weighted by molar-refractivity contribution is 5.82. The van der Waals surface area contributed by atoms with Gasteiger partial charge in [-0.25, -0.2) is 4.79 Å². The van der Waals surface area contributed by atoms with E-state index in [1.807, 2.05) is 30.6 Å². The number of urea groups is 1. The smallest absolute Gasteiger partial charge is 0.320 e. The van der Waals surface area contributed by atoms with Crippen LogP contribution in [0.4, 0.5) is 4.79 Å². The number of primary amides is 1. The molecule has 2 heterocycles. The van der Waals surface area contributed by atoms with Crippen molar-refractivity contribution in [3.8, 4) is 0 Å². The lowest BCUT2D eigenvalue weighted by Crippen LogP contribution is -2.48. The van der Waals surface area contributed by atoms with E-state index in [0.29, 0.717) is 6.54 Å². The van der Waals surface area contributed by atoms with E-state index in [0.717, 1.165) is 19.4 Å². The number of piperidine rings is 1. The molecule has 0 aromatic heterocycles. The molecule has 0 aromatic rings. The molecular formula is C12H21N3O2. The van der Waals surface area contributed by atoms with Crippen LogP contribution in [0.15, 0.2) is 0 Å². The van der Waals surface area contributed by atoms with Gasteiger partial charge in [-0.3, -0.25) is 4.79 Å². The summed E-state index contributed by atoms with van der Waals surface area (Å²) in [5.41, 5.74) is 5.23. The summed E-state index contributed by atoms with van der Waals surface area (Å²) in [7, 11) is 0. The Morgan fingerprint density at radius 1 is 1.41 bits per heavy atom. The number of hydrogen-bond acceptors (Lipinski definition) is 2. The zero-order valence-electron chi connectivity index (χ0n) is 10.8. The van der Waals surface area contributed by atoms with Crippen LogP contribution in [0, 0.1) is 5.92 Å². The molecule has 0 aromatic carbocycles. The highest BCUT2D eigenvalue weighted by atomic mass is 16.2. The normalized spacial score (nSPS) is 29.5. The average Bonchev–Trinajstić information content (AvgIpc) is 2.55. The van der Waals surface area contributed by atoms with E-state index in [1.165, 1.54) is 0 Å². The van der Waals surface area contributed by atoms with E-state index in [9.17, 15) is 9.59 Å². The topological polar surface area (TPSA) is 66.6 Å². The maximum absolute atomic E-state index is 12.3. The first-order valence-corrected chi connectivity index (χ1v) is 6.20. The van der Waals surface area contributed by atoms with Gasteiger partial charge in [0.2, 0.25) is 5.91 Å². The molecule has 0 radical (unpaired) electrons. The summed E-state index contributed by atoms with van der Waals surface area (Å²) in [6.45, 7) is 7.42. The maximum atomic E-state index is 12.3. The third kappa shape index (κ3) is 1.98. The van der Waals surface area contributed by atoms with Gasteiger partial charge in [0.15, 0.2) is 0 Å². The second-order valence-electron chi connectivity index (χ2n) is 5.98. The molecule has 0 bridgehead atoms. The second-order valence-corrected chi connectivity index (χ2v) is 5.98. The molecule has 2 unspecified atom stereocenters. The predicted molar refractivity (Wildman–Crippen MR) is 64.3 cm³/mol. The molecule has 2 rings (SSSR count). The molecule has 0 saturated carbocycles. The fraction of sp³-hybridized carbons (Fsp3) is 0.833. The first-order valence-electron chi connectivity index (χ1n) is 6.20. The zero-order valence-corrected chi connectivity index (χ0v) is 10.8. The van der Waals surface area contributed by atoms with Crippen molar-refractivity contribution in [2.75, 3.05) is 13.1 Å². The van der Waals surface area contributed by atoms with Crippen molar-refractivity contribution in [2.45, 2.75) is 45.2 Å². The van der Waals surface area contributed by atoms with Gasteiger partial charge in [-0.05, 0) is 33.6 Å². The van der Waals surface area contributed by atoms with Gasteiger partial charge >= 0.3 is 6.03 Å². The number of rotatable bonds is 1. The number of nitrogens with two attached hydrogens (primary N) is 1. The van der Waals surface area contributed by atoms with Crippen molar-refractivity contribution in [2.24, 2.45) is 11.7 Å². The molecule has 2 N–H and O–H groups in total. The Morgan fingerprint density at radius 2 is 2.06 bits per heavy atom. The Hall–Kier alpha value is -1.26. The van der Waals surface area contributed by atoms with Gasteiger partial charge in [-0.1, -0.05) is 0 Å². The minimum Gasteiger partial charge on any atom is -0.369 e. The van der Waals surface area contributed by atoms with Gasteiger partial charge < -0.3 is 15.5 Å². The minimum absolute atomic E-state index is 0.0204. The Labute approximate surface area is 102 Å². The molecule has 2 aliphatic heterocycles. The van der Waals surface area contributed by atoms with Gasteiger partial charge in [-0.2, -0.15) is 0 Å². The van der Waals surface area contributed by atoms with Crippen LogP contribution < -0.4 is 5.73 Å². The van der Waals surface area contributed by atoms with E-state index < -0.39 is 0 Å². The molecular weight excluding hydrogens is 218 g/mol. The maximum Gasteiger partial charge on any atom is 0.320 e. The second kappa shape index (κ2) is 3.89.